The molecule has 160 valence electrons. The van der Waals surface area contributed by atoms with E-state index in [4.69, 9.17) is 9.47 Å². The summed E-state index contributed by atoms with van der Waals surface area (Å²) in [6, 6.07) is 6.08. The number of aryl methyl sites for hydroxylation is 2. The molecule has 29 heavy (non-hydrogen) atoms. The first-order chi connectivity index (χ1) is 13.4. The highest BCUT2D eigenvalue weighted by atomic mass is 16.6. The predicted octanol–water partition coefficient (Wildman–Crippen LogP) is 3.69. The van der Waals surface area contributed by atoms with Crippen molar-refractivity contribution in [2.45, 2.75) is 59.6 Å². The highest BCUT2D eigenvalue weighted by Crippen LogP contribution is 2.52. The molecule has 1 aromatic rings. The zero-order valence-corrected chi connectivity index (χ0v) is 18.7. The van der Waals surface area contributed by atoms with Crippen LogP contribution in [0.5, 0.6) is 5.75 Å². The Morgan fingerprint density at radius 3 is 2.28 bits per heavy atom. The topological polar surface area (TPSA) is 67.9 Å². The number of likely N-dealkylation sites (tertiary alicyclic amines) is 1. The van der Waals surface area contributed by atoms with Gasteiger partial charge < -0.3 is 19.7 Å². The van der Waals surface area contributed by atoms with Crippen LogP contribution in [0, 0.1) is 31.6 Å². The number of fused-ring (bicyclic) bond motifs is 1. The molecular formula is C23H34N2O4. The SMILES string of the molecule is Cc1ccc(OCC(C)(C)NC(=O)[C@H]2[C@@H]3CN(C(=O)OC(C)(C)C)C[C@@H]32)c(C)c1. The van der Waals surface area contributed by atoms with E-state index in [9.17, 15) is 9.59 Å². The van der Waals surface area contributed by atoms with Crippen molar-refractivity contribution in [3.8, 4) is 5.75 Å². The van der Waals surface area contributed by atoms with Crippen molar-refractivity contribution in [3.63, 3.8) is 0 Å². The third-order valence-corrected chi connectivity index (χ3v) is 5.53. The summed E-state index contributed by atoms with van der Waals surface area (Å²) < 4.78 is 11.4. The fourth-order valence-electron chi connectivity index (χ4n) is 4.06. The van der Waals surface area contributed by atoms with Gasteiger partial charge in [-0.05, 0) is 71.9 Å². The van der Waals surface area contributed by atoms with Crippen molar-refractivity contribution in [2.24, 2.45) is 17.8 Å². The van der Waals surface area contributed by atoms with Crippen LogP contribution in [0.3, 0.4) is 0 Å². The van der Waals surface area contributed by atoms with E-state index >= 15 is 0 Å². The van der Waals surface area contributed by atoms with Gasteiger partial charge >= 0.3 is 6.09 Å². The molecule has 0 aromatic heterocycles. The van der Waals surface area contributed by atoms with Gasteiger partial charge in [-0.2, -0.15) is 0 Å². The Hall–Kier alpha value is -2.24. The largest absolute Gasteiger partial charge is 0.491 e. The van der Waals surface area contributed by atoms with Crippen molar-refractivity contribution in [2.75, 3.05) is 19.7 Å². The molecule has 2 aliphatic rings. The molecule has 2 fully saturated rings. The zero-order chi connectivity index (χ0) is 21.6. The zero-order valence-electron chi connectivity index (χ0n) is 18.7. The monoisotopic (exact) mass is 402 g/mol. The minimum atomic E-state index is -0.500. The number of benzene rings is 1. The van der Waals surface area contributed by atoms with Crippen LogP contribution >= 0.6 is 0 Å². The van der Waals surface area contributed by atoms with Gasteiger partial charge in [0.1, 0.15) is 18.0 Å². The summed E-state index contributed by atoms with van der Waals surface area (Å²) in [4.78, 5) is 26.7. The van der Waals surface area contributed by atoms with Crippen molar-refractivity contribution in [3.05, 3.63) is 29.3 Å². The lowest BCUT2D eigenvalue weighted by Gasteiger charge is -2.28. The van der Waals surface area contributed by atoms with Crippen molar-refractivity contribution in [1.82, 2.24) is 10.2 Å². The molecule has 0 spiro atoms. The lowest BCUT2D eigenvalue weighted by molar-refractivity contribution is -0.125. The maximum Gasteiger partial charge on any atom is 0.410 e. The van der Waals surface area contributed by atoms with Crippen molar-refractivity contribution < 1.29 is 19.1 Å². The van der Waals surface area contributed by atoms with Gasteiger partial charge in [0.2, 0.25) is 5.91 Å². The van der Waals surface area contributed by atoms with E-state index in [0.29, 0.717) is 19.7 Å². The minimum absolute atomic E-state index is 0.0194. The molecule has 2 amide bonds. The molecule has 1 N–H and O–H groups in total. The molecule has 1 saturated heterocycles. The molecule has 1 aliphatic heterocycles. The van der Waals surface area contributed by atoms with Gasteiger partial charge in [-0.25, -0.2) is 4.79 Å². The average molecular weight is 403 g/mol. The number of rotatable bonds is 5. The van der Waals surface area contributed by atoms with Crippen LogP contribution in [-0.4, -0.2) is 47.7 Å². The normalized spacial score (nSPS) is 23.4. The van der Waals surface area contributed by atoms with Gasteiger partial charge in [-0.1, -0.05) is 17.7 Å². The molecule has 1 saturated carbocycles. The van der Waals surface area contributed by atoms with Gasteiger partial charge in [0, 0.05) is 19.0 Å². The molecule has 3 rings (SSSR count). The van der Waals surface area contributed by atoms with Gasteiger partial charge in [0.05, 0.1) is 5.54 Å². The summed E-state index contributed by atoms with van der Waals surface area (Å²) in [5, 5.41) is 3.13. The molecule has 1 aliphatic carbocycles. The third kappa shape index (κ3) is 5.22. The molecule has 6 heteroatoms. The van der Waals surface area contributed by atoms with Gasteiger partial charge in [-0.3, -0.25) is 4.79 Å². The van der Waals surface area contributed by atoms with Crippen LogP contribution in [0.15, 0.2) is 18.2 Å². The Balaban J connectivity index is 1.47. The minimum Gasteiger partial charge on any atom is -0.491 e. The van der Waals surface area contributed by atoms with E-state index in [-0.39, 0.29) is 29.8 Å². The van der Waals surface area contributed by atoms with Gasteiger partial charge in [0.15, 0.2) is 0 Å². The fourth-order valence-corrected chi connectivity index (χ4v) is 4.06. The Morgan fingerprint density at radius 1 is 1.10 bits per heavy atom. The molecule has 1 aromatic carbocycles. The summed E-state index contributed by atoms with van der Waals surface area (Å²) in [6.07, 6.45) is -0.286. The number of nitrogens with zero attached hydrogens (tertiary/aromatic N) is 1. The van der Waals surface area contributed by atoms with E-state index < -0.39 is 11.1 Å². The van der Waals surface area contributed by atoms with Gasteiger partial charge in [0.25, 0.3) is 0 Å². The van der Waals surface area contributed by atoms with E-state index in [1.54, 1.807) is 4.90 Å². The highest BCUT2D eigenvalue weighted by Gasteiger charge is 2.61. The lowest BCUT2D eigenvalue weighted by atomic mass is 10.1. The van der Waals surface area contributed by atoms with Gasteiger partial charge in [-0.15, -0.1) is 0 Å². The number of ether oxygens (including phenoxy) is 2. The predicted molar refractivity (Wildman–Crippen MR) is 112 cm³/mol. The first-order valence-corrected chi connectivity index (χ1v) is 10.4. The number of piperidine rings is 1. The van der Waals surface area contributed by atoms with E-state index in [2.05, 4.69) is 18.3 Å². The molecule has 0 radical (unpaired) electrons. The first kappa shape index (κ1) is 21.5. The van der Waals surface area contributed by atoms with Crippen molar-refractivity contribution in [1.29, 1.82) is 0 Å². The molecular weight excluding hydrogens is 368 g/mol. The maximum atomic E-state index is 12.8. The Bertz CT molecular complexity index is 785. The summed E-state index contributed by atoms with van der Waals surface area (Å²) >= 11 is 0. The fraction of sp³-hybridized carbons (Fsp3) is 0.652. The standard InChI is InChI=1S/C23H34N2O4/c1-14-8-9-18(15(2)10-14)28-13-23(6,7)24-20(26)19-16-11-25(12-17(16)19)21(27)29-22(3,4)5/h8-10,16-17,19H,11-13H2,1-7H3,(H,24,26)/t16-,17+,19+. The summed E-state index contributed by atoms with van der Waals surface area (Å²) in [5.74, 6) is 1.35. The van der Waals surface area contributed by atoms with Crippen LogP contribution in [0.1, 0.15) is 45.7 Å². The van der Waals surface area contributed by atoms with Crippen LogP contribution in [0.4, 0.5) is 4.79 Å². The van der Waals surface area contributed by atoms with E-state index in [1.807, 2.05) is 53.7 Å². The second-order valence-corrected chi connectivity index (χ2v) is 10.2. The Kier molecular flexibility index (Phi) is 5.58. The number of carbonyl (C=O) groups excluding carboxylic acids is 2. The van der Waals surface area contributed by atoms with Crippen LogP contribution in [0.25, 0.3) is 0 Å². The number of nitrogens with one attached hydrogen (secondary N) is 1. The third-order valence-electron chi connectivity index (χ3n) is 5.53. The van der Waals surface area contributed by atoms with Crippen LogP contribution in [-0.2, 0) is 9.53 Å². The van der Waals surface area contributed by atoms with E-state index in [1.165, 1.54) is 5.56 Å². The summed E-state index contributed by atoms with van der Waals surface area (Å²) in [6.45, 7) is 15.2. The first-order valence-electron chi connectivity index (χ1n) is 10.4. The molecule has 0 unspecified atom stereocenters. The second kappa shape index (κ2) is 7.54. The number of hydrogen-bond acceptors (Lipinski definition) is 4. The van der Waals surface area contributed by atoms with E-state index in [0.717, 1.165) is 11.3 Å². The quantitative estimate of drug-likeness (QED) is 0.816. The molecule has 3 atom stereocenters. The number of hydrogen-bond donors (Lipinski definition) is 1. The number of amides is 2. The van der Waals surface area contributed by atoms with Crippen LogP contribution < -0.4 is 10.1 Å². The number of carbonyl (C=O) groups is 2. The van der Waals surface area contributed by atoms with Crippen molar-refractivity contribution >= 4 is 12.0 Å². The molecule has 1 heterocycles. The lowest BCUT2D eigenvalue weighted by Crippen LogP contribution is -2.49. The smallest absolute Gasteiger partial charge is 0.410 e. The average Bonchev–Trinajstić information content (AvgIpc) is 3.06. The maximum absolute atomic E-state index is 12.8. The second-order valence-electron chi connectivity index (χ2n) is 10.2. The molecule has 0 bridgehead atoms. The Labute approximate surface area is 173 Å². The summed E-state index contributed by atoms with van der Waals surface area (Å²) in [5.41, 5.74) is 1.31. The molecule has 6 nitrogen and oxygen atoms in total. The van der Waals surface area contributed by atoms with Crippen LogP contribution in [0.2, 0.25) is 0 Å². The summed E-state index contributed by atoms with van der Waals surface area (Å²) in [7, 11) is 0. The Morgan fingerprint density at radius 2 is 1.72 bits per heavy atom. The highest BCUT2D eigenvalue weighted by molar-refractivity contribution is 5.84.